The largest absolute Gasteiger partial charge is 0.497 e. The summed E-state index contributed by atoms with van der Waals surface area (Å²) in [4.78, 5) is 23.2. The number of halogens is 1. The van der Waals surface area contributed by atoms with Gasteiger partial charge >= 0.3 is 0 Å². The summed E-state index contributed by atoms with van der Waals surface area (Å²) in [5.41, 5.74) is 11.2. The number of aromatic amines is 1. The van der Waals surface area contributed by atoms with Crippen molar-refractivity contribution in [3.63, 3.8) is 0 Å². The Morgan fingerprint density at radius 3 is 2.71 bits per heavy atom. The number of H-pyrrole nitrogens is 1. The number of benzene rings is 3. The van der Waals surface area contributed by atoms with Crippen molar-refractivity contribution < 1.29 is 9.53 Å². The number of carbonyl (C=O) groups excluding carboxylic acids is 1. The Bertz CT molecular complexity index is 1590. The van der Waals surface area contributed by atoms with Gasteiger partial charge in [-0.25, -0.2) is 4.98 Å². The highest BCUT2D eigenvalue weighted by Crippen LogP contribution is 2.46. The Kier molecular flexibility index (Phi) is 5.11. The maximum Gasteiger partial charge on any atom is 0.274 e. The van der Waals surface area contributed by atoms with Crippen LogP contribution >= 0.6 is 11.6 Å². The summed E-state index contributed by atoms with van der Waals surface area (Å²) in [7, 11) is 1.63. The smallest absolute Gasteiger partial charge is 0.274 e. The van der Waals surface area contributed by atoms with Crippen molar-refractivity contribution in [2.45, 2.75) is 5.92 Å². The van der Waals surface area contributed by atoms with E-state index in [-0.39, 0.29) is 11.8 Å². The fourth-order valence-corrected chi connectivity index (χ4v) is 5.32. The van der Waals surface area contributed by atoms with Crippen LogP contribution in [0.1, 0.15) is 22.0 Å². The summed E-state index contributed by atoms with van der Waals surface area (Å²) in [6.45, 7) is 0.518. The maximum atomic E-state index is 13.8. The van der Waals surface area contributed by atoms with E-state index in [1.807, 2.05) is 47.4 Å². The third kappa shape index (κ3) is 3.49. The van der Waals surface area contributed by atoms with Crippen molar-refractivity contribution in [2.75, 3.05) is 30.2 Å². The second-order valence-electron chi connectivity index (χ2n) is 8.78. The molecular formula is C28H23ClN4O2. The standard InChI is InChI=1S/C28H23ClN4O2/c1-35-19-7-8-23-17(10-19)11-24(32-23)28(34)33-15-18(13-29)27-21-5-3-2-4-20(21)22(12-25(27)33)16-6-9-26(30)31-14-16/h2-12,14,18,32H,13,15H2,1H3,(H2,30,31). The number of nitrogens with zero attached hydrogens (tertiary/aromatic N) is 2. The molecule has 1 aliphatic rings. The van der Waals surface area contributed by atoms with E-state index in [4.69, 9.17) is 22.1 Å². The van der Waals surface area contributed by atoms with Gasteiger partial charge in [0.2, 0.25) is 0 Å². The molecule has 1 unspecified atom stereocenters. The summed E-state index contributed by atoms with van der Waals surface area (Å²) in [5.74, 6) is 1.58. The molecule has 35 heavy (non-hydrogen) atoms. The Hall–Kier alpha value is -4.03. The highest BCUT2D eigenvalue weighted by atomic mass is 35.5. The number of pyridine rings is 1. The van der Waals surface area contributed by atoms with Crippen LogP contribution in [0.2, 0.25) is 0 Å². The number of nitrogens with two attached hydrogens (primary N) is 1. The first kappa shape index (κ1) is 21.5. The lowest BCUT2D eigenvalue weighted by atomic mass is 9.91. The SMILES string of the molecule is COc1ccc2[nH]c(C(=O)N3CC(CCl)c4c3cc(-c3ccc(N)nc3)c3ccccc43)cc2c1. The maximum absolute atomic E-state index is 13.8. The van der Waals surface area contributed by atoms with Crippen molar-refractivity contribution in [1.82, 2.24) is 9.97 Å². The molecule has 3 heterocycles. The van der Waals surface area contributed by atoms with Gasteiger partial charge in [-0.3, -0.25) is 4.79 Å². The molecule has 1 aliphatic heterocycles. The number of nitrogen functional groups attached to an aromatic ring is 1. The molecule has 0 spiro atoms. The molecule has 0 fully saturated rings. The molecule has 2 aromatic heterocycles. The molecule has 0 saturated carbocycles. The summed E-state index contributed by atoms with van der Waals surface area (Å²) in [5, 5.41) is 3.12. The molecule has 1 atom stereocenters. The number of hydrogen-bond donors (Lipinski definition) is 2. The van der Waals surface area contributed by atoms with Crippen LogP contribution in [-0.4, -0.2) is 35.4 Å². The second-order valence-corrected chi connectivity index (χ2v) is 9.09. The second kappa shape index (κ2) is 8.32. The summed E-state index contributed by atoms with van der Waals surface area (Å²) >= 11 is 6.44. The Morgan fingerprint density at radius 2 is 1.97 bits per heavy atom. The normalized spacial score (nSPS) is 15.0. The predicted molar refractivity (Wildman–Crippen MR) is 142 cm³/mol. The molecule has 174 valence electrons. The van der Waals surface area contributed by atoms with E-state index in [9.17, 15) is 4.79 Å². The number of methoxy groups -OCH3 is 1. The minimum absolute atomic E-state index is 0.0311. The topological polar surface area (TPSA) is 84.2 Å². The molecule has 0 saturated heterocycles. The van der Waals surface area contributed by atoms with Gasteiger partial charge in [-0.15, -0.1) is 11.6 Å². The number of amides is 1. The average molecular weight is 483 g/mol. The fourth-order valence-electron chi connectivity index (χ4n) is 5.07. The zero-order chi connectivity index (χ0) is 24.1. The number of alkyl halides is 1. The zero-order valence-electron chi connectivity index (χ0n) is 19.1. The highest BCUT2D eigenvalue weighted by molar-refractivity contribution is 6.19. The molecule has 0 radical (unpaired) electrons. The van der Waals surface area contributed by atoms with Crippen molar-refractivity contribution in [2.24, 2.45) is 0 Å². The van der Waals surface area contributed by atoms with Gasteiger partial charge in [-0.1, -0.05) is 24.3 Å². The van der Waals surface area contributed by atoms with Gasteiger partial charge in [-0.05, 0) is 64.4 Å². The minimum atomic E-state index is -0.0919. The highest BCUT2D eigenvalue weighted by Gasteiger charge is 2.35. The summed E-state index contributed by atoms with van der Waals surface area (Å²) in [6.07, 6.45) is 1.77. The number of rotatable bonds is 4. The van der Waals surface area contributed by atoms with Crippen LogP contribution in [0.25, 0.3) is 32.8 Å². The number of anilines is 2. The molecule has 0 aliphatic carbocycles. The fraction of sp³-hybridized carbons (Fsp3) is 0.143. The zero-order valence-corrected chi connectivity index (χ0v) is 19.8. The lowest BCUT2D eigenvalue weighted by Crippen LogP contribution is -2.30. The van der Waals surface area contributed by atoms with Crippen LogP contribution in [-0.2, 0) is 0 Å². The molecular weight excluding hydrogens is 460 g/mol. The van der Waals surface area contributed by atoms with E-state index in [1.54, 1.807) is 19.4 Å². The lowest BCUT2D eigenvalue weighted by molar-refractivity contribution is 0.0984. The number of nitrogens with one attached hydrogen (secondary N) is 1. The average Bonchev–Trinajstić information content (AvgIpc) is 3.49. The van der Waals surface area contributed by atoms with Gasteiger partial charge in [-0.2, -0.15) is 0 Å². The molecule has 3 aromatic carbocycles. The van der Waals surface area contributed by atoms with Gasteiger partial charge in [0.05, 0.1) is 7.11 Å². The van der Waals surface area contributed by atoms with Crippen LogP contribution in [0.3, 0.4) is 0 Å². The van der Waals surface area contributed by atoms with Gasteiger partial charge < -0.3 is 20.4 Å². The van der Waals surface area contributed by atoms with Crippen molar-refractivity contribution in [3.05, 3.63) is 84.2 Å². The van der Waals surface area contributed by atoms with E-state index in [2.05, 4.69) is 28.2 Å². The first-order chi connectivity index (χ1) is 17.1. The van der Waals surface area contributed by atoms with Gasteiger partial charge in [0.1, 0.15) is 17.3 Å². The first-order valence-corrected chi connectivity index (χ1v) is 11.9. The van der Waals surface area contributed by atoms with E-state index in [1.165, 1.54) is 0 Å². The Labute approximate surface area is 207 Å². The van der Waals surface area contributed by atoms with Crippen LogP contribution in [0.4, 0.5) is 11.5 Å². The van der Waals surface area contributed by atoms with Crippen molar-refractivity contribution in [1.29, 1.82) is 0 Å². The predicted octanol–water partition coefficient (Wildman–Crippen LogP) is 5.96. The van der Waals surface area contributed by atoms with Crippen molar-refractivity contribution in [3.8, 4) is 16.9 Å². The van der Waals surface area contributed by atoms with E-state index in [0.29, 0.717) is 23.9 Å². The summed E-state index contributed by atoms with van der Waals surface area (Å²) < 4.78 is 5.33. The molecule has 6 nitrogen and oxygen atoms in total. The van der Waals surface area contributed by atoms with Gasteiger partial charge in [0.15, 0.2) is 0 Å². The first-order valence-electron chi connectivity index (χ1n) is 11.4. The number of aromatic nitrogens is 2. The van der Waals surface area contributed by atoms with Crippen molar-refractivity contribution >= 4 is 50.7 Å². The quantitative estimate of drug-likeness (QED) is 0.310. The number of fused-ring (bicyclic) bond motifs is 4. The third-order valence-electron chi connectivity index (χ3n) is 6.75. The molecule has 3 N–H and O–H groups in total. The molecule has 6 rings (SSSR count). The monoisotopic (exact) mass is 482 g/mol. The number of hydrogen-bond acceptors (Lipinski definition) is 4. The Morgan fingerprint density at radius 1 is 1.14 bits per heavy atom. The Balaban J connectivity index is 1.52. The van der Waals surface area contributed by atoms with Crippen LogP contribution < -0.4 is 15.4 Å². The minimum Gasteiger partial charge on any atom is -0.497 e. The molecule has 7 heteroatoms. The molecule has 5 aromatic rings. The van der Waals surface area contributed by atoms with Crippen LogP contribution in [0.15, 0.2) is 72.9 Å². The molecule has 0 bridgehead atoms. The van der Waals surface area contributed by atoms with Crippen LogP contribution in [0, 0.1) is 0 Å². The molecule has 1 amide bonds. The van der Waals surface area contributed by atoms with E-state index < -0.39 is 0 Å². The number of carbonyl (C=O) groups is 1. The van der Waals surface area contributed by atoms with E-state index >= 15 is 0 Å². The van der Waals surface area contributed by atoms with Gasteiger partial charge in [0.25, 0.3) is 5.91 Å². The van der Waals surface area contributed by atoms with E-state index in [0.717, 1.165) is 49.8 Å². The third-order valence-corrected chi connectivity index (χ3v) is 7.13. The number of ether oxygens (including phenoxy) is 1. The van der Waals surface area contributed by atoms with Crippen LogP contribution in [0.5, 0.6) is 5.75 Å². The lowest BCUT2D eigenvalue weighted by Gasteiger charge is -2.19. The summed E-state index contributed by atoms with van der Waals surface area (Å²) in [6, 6.07) is 21.7. The van der Waals surface area contributed by atoms with Gasteiger partial charge in [0, 0.05) is 46.7 Å².